The molecule has 0 saturated carbocycles. The fourth-order valence-corrected chi connectivity index (χ4v) is 6.61. The quantitative estimate of drug-likeness (QED) is 0.131. The Bertz CT molecular complexity index is 1800. The zero-order valence-corrected chi connectivity index (χ0v) is 23.3. The number of anilines is 1. The molecule has 0 saturated heterocycles. The van der Waals surface area contributed by atoms with Crippen LogP contribution in [-0.2, 0) is 10.0 Å². The smallest absolute Gasteiger partial charge is 0.267 e. The molecule has 0 aliphatic heterocycles. The predicted molar refractivity (Wildman–Crippen MR) is 151 cm³/mol. The normalized spacial score (nSPS) is 11.5. The summed E-state index contributed by atoms with van der Waals surface area (Å²) in [6, 6.07) is 15.5. The summed E-state index contributed by atoms with van der Waals surface area (Å²) in [7, 11) is -4.06. The van der Waals surface area contributed by atoms with Crippen molar-refractivity contribution in [2.75, 3.05) is 18.1 Å². The Morgan fingerprint density at radius 3 is 2.37 bits per heavy atom. The van der Waals surface area contributed by atoms with Gasteiger partial charge in [-0.2, -0.15) is 24.9 Å². The maximum Gasteiger partial charge on any atom is 0.324 e. The van der Waals surface area contributed by atoms with Crippen LogP contribution in [0.1, 0.15) is 28.1 Å². The first-order valence-corrected chi connectivity index (χ1v) is 14.7. The SMILES string of the molecule is N#CCCN(CCC#N)S(=O)(=O)c1ccc(C(=O)N(/N=C/c2ccc([N+](=O)[O-])s2)c2nc3ccc(F)cc3s2)cc1. The van der Waals surface area contributed by atoms with Gasteiger partial charge in [0.1, 0.15) is 5.82 Å². The molecular weight excluding hydrogens is 594 g/mol. The number of hydrogen-bond acceptors (Lipinski definition) is 11. The number of hydrogen-bond donors (Lipinski definition) is 0. The number of hydrazone groups is 1. The van der Waals surface area contributed by atoms with Gasteiger partial charge in [-0.3, -0.25) is 14.9 Å². The number of thiophene rings is 1. The second-order valence-electron chi connectivity index (χ2n) is 8.15. The second-order valence-corrected chi connectivity index (χ2v) is 12.2. The van der Waals surface area contributed by atoms with Gasteiger partial charge < -0.3 is 0 Å². The third kappa shape index (κ3) is 6.76. The van der Waals surface area contributed by atoms with E-state index in [1.165, 1.54) is 60.8 Å². The van der Waals surface area contributed by atoms with E-state index in [0.717, 1.165) is 32.0 Å². The minimum Gasteiger partial charge on any atom is -0.267 e. The van der Waals surface area contributed by atoms with Gasteiger partial charge in [-0.1, -0.05) is 22.7 Å². The minimum absolute atomic E-state index is 0.0456. The van der Waals surface area contributed by atoms with Gasteiger partial charge in [-0.15, -0.1) is 0 Å². The topological polar surface area (TPSA) is 174 Å². The molecule has 0 unspecified atom stereocenters. The summed E-state index contributed by atoms with van der Waals surface area (Å²) in [4.78, 5) is 28.7. The first-order chi connectivity index (χ1) is 19.6. The Kier molecular flexibility index (Phi) is 9.10. The van der Waals surface area contributed by atoms with E-state index in [-0.39, 0.29) is 46.5 Å². The van der Waals surface area contributed by atoms with Gasteiger partial charge in [0.05, 0.1) is 43.3 Å². The van der Waals surface area contributed by atoms with Crippen LogP contribution in [0.15, 0.2) is 64.6 Å². The number of thiazole rings is 1. The van der Waals surface area contributed by atoms with Crippen LogP contribution in [-0.4, -0.2) is 47.8 Å². The van der Waals surface area contributed by atoms with Crippen molar-refractivity contribution in [1.82, 2.24) is 9.29 Å². The van der Waals surface area contributed by atoms with Gasteiger partial charge >= 0.3 is 5.00 Å². The number of aromatic nitrogens is 1. The zero-order chi connectivity index (χ0) is 29.6. The second kappa shape index (κ2) is 12.7. The summed E-state index contributed by atoms with van der Waals surface area (Å²) in [5.41, 5.74) is 0.465. The molecule has 0 aliphatic rings. The van der Waals surface area contributed by atoms with Crippen molar-refractivity contribution >= 4 is 65.2 Å². The van der Waals surface area contributed by atoms with E-state index in [0.29, 0.717) is 15.1 Å². The first kappa shape index (κ1) is 29.4. The lowest BCUT2D eigenvalue weighted by Crippen LogP contribution is -2.33. The summed E-state index contributed by atoms with van der Waals surface area (Å²) in [5, 5.41) is 33.9. The lowest BCUT2D eigenvalue weighted by molar-refractivity contribution is -0.380. The summed E-state index contributed by atoms with van der Waals surface area (Å²) >= 11 is 1.84. The van der Waals surface area contributed by atoms with Crippen molar-refractivity contribution in [1.29, 1.82) is 10.5 Å². The number of carbonyl (C=O) groups excluding carboxylic acids is 1. The van der Waals surface area contributed by atoms with Gasteiger partial charge in [0.15, 0.2) is 0 Å². The van der Waals surface area contributed by atoms with Crippen molar-refractivity contribution in [2.24, 2.45) is 5.10 Å². The monoisotopic (exact) mass is 611 g/mol. The molecule has 4 rings (SSSR count). The van der Waals surface area contributed by atoms with E-state index >= 15 is 0 Å². The predicted octanol–water partition coefficient (Wildman–Crippen LogP) is 4.90. The molecule has 1 amide bonds. The fraction of sp³-hybridized carbons (Fsp3) is 0.160. The van der Waals surface area contributed by atoms with E-state index in [4.69, 9.17) is 10.5 Å². The average Bonchev–Trinajstić information content (AvgIpc) is 3.60. The number of rotatable bonds is 11. The largest absolute Gasteiger partial charge is 0.324 e. The third-order valence-electron chi connectivity index (χ3n) is 5.49. The molecule has 16 heteroatoms. The van der Waals surface area contributed by atoms with Crippen molar-refractivity contribution in [3.63, 3.8) is 0 Å². The maximum absolute atomic E-state index is 13.8. The highest BCUT2D eigenvalue weighted by molar-refractivity contribution is 7.89. The standard InChI is InChI=1S/C25H18FN7O5S3/c26-18-5-9-21-22(15-18)40-25(30-21)32(29-16-19-6-10-23(39-19)33(35)36)24(34)17-3-7-20(8-4-17)41(37,38)31(13-1-11-27)14-2-12-28/h3-10,15-16H,1-2,13-14H2/b29-16+. The molecule has 208 valence electrons. The van der Waals surface area contributed by atoms with E-state index in [2.05, 4.69) is 10.1 Å². The zero-order valence-electron chi connectivity index (χ0n) is 20.9. The Balaban J connectivity index is 1.68. The van der Waals surface area contributed by atoms with Crippen LogP contribution in [0.2, 0.25) is 0 Å². The number of nitrogens with zero attached hydrogens (tertiary/aromatic N) is 7. The number of amides is 1. The number of nitro groups is 1. The van der Waals surface area contributed by atoms with E-state index in [9.17, 15) is 27.7 Å². The number of halogens is 1. The lowest BCUT2D eigenvalue weighted by atomic mass is 10.2. The van der Waals surface area contributed by atoms with Crippen LogP contribution in [0.25, 0.3) is 10.2 Å². The summed E-state index contributed by atoms with van der Waals surface area (Å²) in [5.74, 6) is -1.18. The summed E-state index contributed by atoms with van der Waals surface area (Å²) < 4.78 is 41.5. The Hall–Kier alpha value is -4.61. The number of fused-ring (bicyclic) bond motifs is 1. The van der Waals surface area contributed by atoms with Crippen molar-refractivity contribution < 1.29 is 22.5 Å². The van der Waals surface area contributed by atoms with Crippen molar-refractivity contribution in [3.8, 4) is 12.1 Å². The van der Waals surface area contributed by atoms with Crippen LogP contribution in [0.4, 0.5) is 14.5 Å². The van der Waals surface area contributed by atoms with Gasteiger partial charge in [-0.05, 0) is 48.5 Å². The molecule has 0 radical (unpaired) electrons. The van der Waals surface area contributed by atoms with Gasteiger partial charge in [0.25, 0.3) is 5.91 Å². The molecule has 41 heavy (non-hydrogen) atoms. The molecular formula is C25H18FN7O5S3. The molecule has 12 nitrogen and oxygen atoms in total. The third-order valence-corrected chi connectivity index (χ3v) is 9.37. The molecule has 2 aromatic heterocycles. The number of nitriles is 2. The molecule has 2 heterocycles. The van der Waals surface area contributed by atoms with Crippen molar-refractivity contribution in [3.05, 3.63) is 81.0 Å². The van der Waals surface area contributed by atoms with Gasteiger partial charge in [-0.25, -0.2) is 17.8 Å². The molecule has 0 atom stereocenters. The molecule has 0 N–H and O–H groups in total. The van der Waals surface area contributed by atoms with Crippen LogP contribution >= 0.6 is 22.7 Å². The maximum atomic E-state index is 13.8. The molecule has 2 aromatic carbocycles. The van der Waals surface area contributed by atoms with E-state index < -0.39 is 26.7 Å². The number of sulfonamides is 1. The molecule has 0 aliphatic carbocycles. The summed E-state index contributed by atoms with van der Waals surface area (Å²) in [6.07, 6.45) is 1.13. The van der Waals surface area contributed by atoms with Crippen LogP contribution in [0, 0.1) is 38.6 Å². The van der Waals surface area contributed by atoms with Crippen LogP contribution in [0.3, 0.4) is 0 Å². The Labute approximate surface area is 241 Å². The van der Waals surface area contributed by atoms with E-state index in [1.54, 1.807) is 0 Å². The highest BCUT2D eigenvalue weighted by Gasteiger charge is 2.26. The minimum atomic E-state index is -4.06. The van der Waals surface area contributed by atoms with Gasteiger partial charge in [0, 0.05) is 37.6 Å². The number of benzene rings is 2. The molecule has 0 spiro atoms. The van der Waals surface area contributed by atoms with Gasteiger partial charge in [0.2, 0.25) is 15.2 Å². The molecule has 0 fully saturated rings. The highest BCUT2D eigenvalue weighted by Crippen LogP contribution is 2.31. The number of carbonyl (C=O) groups is 1. The first-order valence-electron chi connectivity index (χ1n) is 11.7. The fourth-order valence-electron chi connectivity index (χ4n) is 3.53. The average molecular weight is 612 g/mol. The Morgan fingerprint density at radius 1 is 1.07 bits per heavy atom. The van der Waals surface area contributed by atoms with Crippen LogP contribution < -0.4 is 5.01 Å². The molecule has 4 aromatic rings. The lowest BCUT2D eigenvalue weighted by Gasteiger charge is -2.20. The highest BCUT2D eigenvalue weighted by atomic mass is 32.2. The van der Waals surface area contributed by atoms with Crippen LogP contribution in [0.5, 0.6) is 0 Å². The Morgan fingerprint density at radius 2 is 1.76 bits per heavy atom. The van der Waals surface area contributed by atoms with E-state index in [1.807, 2.05) is 12.1 Å². The molecule has 0 bridgehead atoms. The van der Waals surface area contributed by atoms with Crippen molar-refractivity contribution in [2.45, 2.75) is 17.7 Å². The summed E-state index contributed by atoms with van der Waals surface area (Å²) in [6.45, 7) is -0.189.